The van der Waals surface area contributed by atoms with Crippen molar-refractivity contribution < 1.29 is 12.8 Å². The average Bonchev–Trinajstić information content (AvgIpc) is 2.99. The molecule has 1 aliphatic heterocycles. The third-order valence-electron chi connectivity index (χ3n) is 3.65. The highest BCUT2D eigenvalue weighted by Gasteiger charge is 2.27. The Bertz CT molecular complexity index is 564. The van der Waals surface area contributed by atoms with Crippen LogP contribution in [0.2, 0.25) is 0 Å². The Morgan fingerprint density at radius 1 is 1.45 bits per heavy atom. The minimum atomic E-state index is -3.08. The monoisotopic (exact) mass is 345 g/mol. The summed E-state index contributed by atoms with van der Waals surface area (Å²) in [6, 6.07) is 3.93. The first-order valence-electron chi connectivity index (χ1n) is 7.56. The SMILES string of the molecule is CCCS(=O)(=O)N1CCC(NC(=S)NCc2ccco2)CC1. The third kappa shape index (κ3) is 4.96. The first-order chi connectivity index (χ1) is 10.5. The van der Waals surface area contributed by atoms with Crippen LogP contribution in [-0.2, 0) is 16.6 Å². The van der Waals surface area contributed by atoms with Crippen LogP contribution in [0.3, 0.4) is 0 Å². The van der Waals surface area contributed by atoms with Crippen LogP contribution in [0.1, 0.15) is 31.9 Å². The largest absolute Gasteiger partial charge is 0.467 e. The summed E-state index contributed by atoms with van der Waals surface area (Å²) in [6.45, 7) is 3.54. The van der Waals surface area contributed by atoms with Gasteiger partial charge in [-0.25, -0.2) is 12.7 Å². The molecule has 2 heterocycles. The summed E-state index contributed by atoms with van der Waals surface area (Å²) in [6.07, 6.45) is 3.82. The molecule has 0 amide bonds. The fraction of sp³-hybridized carbons (Fsp3) is 0.643. The van der Waals surface area contributed by atoms with Crippen LogP contribution in [0, 0.1) is 0 Å². The van der Waals surface area contributed by atoms with Crippen LogP contribution in [0.4, 0.5) is 0 Å². The van der Waals surface area contributed by atoms with E-state index >= 15 is 0 Å². The average molecular weight is 345 g/mol. The van der Waals surface area contributed by atoms with Crippen molar-refractivity contribution in [3.63, 3.8) is 0 Å². The Labute approximate surface area is 137 Å². The number of nitrogens with zero attached hydrogens (tertiary/aromatic N) is 1. The second-order valence-corrected chi connectivity index (χ2v) is 7.89. The molecule has 1 saturated heterocycles. The predicted octanol–water partition coefficient (Wildman–Crippen LogP) is 1.45. The van der Waals surface area contributed by atoms with Crippen molar-refractivity contribution in [2.45, 2.75) is 38.8 Å². The Morgan fingerprint density at radius 2 is 2.18 bits per heavy atom. The molecule has 22 heavy (non-hydrogen) atoms. The van der Waals surface area contributed by atoms with Gasteiger partial charge in [-0.3, -0.25) is 0 Å². The zero-order chi connectivity index (χ0) is 16.0. The molecule has 1 fully saturated rings. The predicted molar refractivity (Wildman–Crippen MR) is 90.0 cm³/mol. The second-order valence-electron chi connectivity index (χ2n) is 5.40. The maximum absolute atomic E-state index is 12.0. The number of furan rings is 1. The maximum atomic E-state index is 12.0. The Hall–Kier alpha value is -1.12. The quantitative estimate of drug-likeness (QED) is 0.760. The minimum Gasteiger partial charge on any atom is -0.467 e. The van der Waals surface area contributed by atoms with E-state index in [2.05, 4.69) is 10.6 Å². The smallest absolute Gasteiger partial charge is 0.214 e. The summed E-state index contributed by atoms with van der Waals surface area (Å²) in [4.78, 5) is 0. The summed E-state index contributed by atoms with van der Waals surface area (Å²) in [5.41, 5.74) is 0. The van der Waals surface area contributed by atoms with Crippen LogP contribution in [0.25, 0.3) is 0 Å². The molecule has 0 unspecified atom stereocenters. The lowest BCUT2D eigenvalue weighted by atomic mass is 10.1. The van der Waals surface area contributed by atoms with Gasteiger partial charge in [0.1, 0.15) is 5.76 Å². The van der Waals surface area contributed by atoms with Crippen LogP contribution < -0.4 is 10.6 Å². The van der Waals surface area contributed by atoms with Crippen LogP contribution in [0.15, 0.2) is 22.8 Å². The summed E-state index contributed by atoms with van der Waals surface area (Å²) in [5.74, 6) is 1.05. The standard InChI is InChI=1S/C14H23N3O3S2/c1-2-10-22(18,19)17-7-5-12(6-8-17)16-14(21)15-11-13-4-3-9-20-13/h3-4,9,12H,2,5-8,10-11H2,1H3,(H2,15,16,21). The van der Waals surface area contributed by atoms with Gasteiger partial charge in [-0.15, -0.1) is 0 Å². The molecule has 1 aromatic heterocycles. The molecule has 0 spiro atoms. The summed E-state index contributed by atoms with van der Waals surface area (Å²) >= 11 is 5.26. The number of rotatable bonds is 6. The fourth-order valence-corrected chi connectivity index (χ4v) is 4.26. The van der Waals surface area contributed by atoms with E-state index in [1.807, 2.05) is 19.1 Å². The summed E-state index contributed by atoms with van der Waals surface area (Å²) in [5, 5.41) is 6.91. The van der Waals surface area contributed by atoms with Crippen molar-refractivity contribution in [1.29, 1.82) is 0 Å². The molecule has 6 nitrogen and oxygen atoms in total. The van der Waals surface area contributed by atoms with Crippen molar-refractivity contribution in [2.24, 2.45) is 0 Å². The minimum absolute atomic E-state index is 0.213. The summed E-state index contributed by atoms with van der Waals surface area (Å²) < 4.78 is 30.8. The zero-order valence-corrected chi connectivity index (χ0v) is 14.4. The van der Waals surface area contributed by atoms with Crippen LogP contribution >= 0.6 is 12.2 Å². The van der Waals surface area contributed by atoms with E-state index in [9.17, 15) is 8.42 Å². The van der Waals surface area contributed by atoms with Gasteiger partial charge in [-0.2, -0.15) is 0 Å². The van der Waals surface area contributed by atoms with Gasteiger partial charge in [0.15, 0.2) is 5.11 Å². The fourth-order valence-electron chi connectivity index (χ4n) is 2.48. The number of nitrogens with one attached hydrogen (secondary N) is 2. The Morgan fingerprint density at radius 3 is 2.77 bits per heavy atom. The zero-order valence-electron chi connectivity index (χ0n) is 12.7. The topological polar surface area (TPSA) is 74.6 Å². The highest BCUT2D eigenvalue weighted by Crippen LogP contribution is 2.15. The van der Waals surface area contributed by atoms with Gasteiger partial charge in [0.25, 0.3) is 0 Å². The molecule has 0 bridgehead atoms. The summed E-state index contributed by atoms with van der Waals surface area (Å²) in [7, 11) is -3.08. The van der Waals surface area contributed by atoms with Gasteiger partial charge in [-0.1, -0.05) is 6.92 Å². The van der Waals surface area contributed by atoms with Crippen molar-refractivity contribution in [1.82, 2.24) is 14.9 Å². The van der Waals surface area contributed by atoms with Gasteiger partial charge in [0, 0.05) is 19.1 Å². The number of thiocarbonyl (C=S) groups is 1. The molecule has 124 valence electrons. The van der Waals surface area contributed by atoms with E-state index in [0.717, 1.165) is 18.6 Å². The van der Waals surface area contributed by atoms with E-state index < -0.39 is 10.0 Å². The first kappa shape index (κ1) is 17.2. The second kappa shape index (κ2) is 7.94. The van der Waals surface area contributed by atoms with E-state index in [1.165, 1.54) is 0 Å². The number of hydrogen-bond acceptors (Lipinski definition) is 4. The normalized spacial score (nSPS) is 17.3. The Balaban J connectivity index is 1.72. The first-order valence-corrected chi connectivity index (χ1v) is 9.57. The van der Waals surface area contributed by atoms with Gasteiger partial charge < -0.3 is 15.1 Å². The van der Waals surface area contributed by atoms with E-state index in [4.69, 9.17) is 16.6 Å². The molecule has 1 aromatic rings. The number of piperidine rings is 1. The van der Waals surface area contributed by atoms with E-state index in [1.54, 1.807) is 10.6 Å². The highest BCUT2D eigenvalue weighted by molar-refractivity contribution is 7.89. The number of hydrogen-bond donors (Lipinski definition) is 2. The highest BCUT2D eigenvalue weighted by atomic mass is 32.2. The van der Waals surface area contributed by atoms with Crippen molar-refractivity contribution in [2.75, 3.05) is 18.8 Å². The van der Waals surface area contributed by atoms with Crippen LogP contribution in [0.5, 0.6) is 0 Å². The lowest BCUT2D eigenvalue weighted by molar-refractivity contribution is 0.306. The lowest BCUT2D eigenvalue weighted by Gasteiger charge is -2.32. The molecule has 0 aliphatic carbocycles. The van der Waals surface area contributed by atoms with E-state index in [-0.39, 0.29) is 11.8 Å². The number of sulfonamides is 1. The third-order valence-corrected chi connectivity index (χ3v) is 5.99. The molecule has 8 heteroatoms. The van der Waals surface area contributed by atoms with Gasteiger partial charge in [0.2, 0.25) is 10.0 Å². The van der Waals surface area contributed by atoms with Crippen LogP contribution in [-0.4, -0.2) is 42.7 Å². The lowest BCUT2D eigenvalue weighted by Crippen LogP contribution is -2.49. The molecular formula is C14H23N3O3S2. The van der Waals surface area contributed by atoms with Crippen molar-refractivity contribution >= 4 is 27.4 Å². The molecule has 2 rings (SSSR count). The maximum Gasteiger partial charge on any atom is 0.214 e. The molecule has 0 radical (unpaired) electrons. The Kier molecular flexibility index (Phi) is 6.22. The molecular weight excluding hydrogens is 322 g/mol. The molecule has 0 atom stereocenters. The van der Waals surface area contributed by atoms with Gasteiger partial charge in [-0.05, 0) is 43.6 Å². The molecule has 1 aliphatic rings. The van der Waals surface area contributed by atoms with Gasteiger partial charge >= 0.3 is 0 Å². The molecule has 2 N–H and O–H groups in total. The van der Waals surface area contributed by atoms with Gasteiger partial charge in [0.05, 0.1) is 18.6 Å². The molecule has 0 saturated carbocycles. The van der Waals surface area contributed by atoms with Crippen molar-refractivity contribution in [3.05, 3.63) is 24.2 Å². The van der Waals surface area contributed by atoms with Crippen molar-refractivity contribution in [3.8, 4) is 0 Å². The van der Waals surface area contributed by atoms with E-state index in [0.29, 0.717) is 31.2 Å². The molecule has 0 aromatic carbocycles.